The van der Waals surface area contributed by atoms with Gasteiger partial charge in [-0.25, -0.2) is 4.39 Å². The van der Waals surface area contributed by atoms with Crippen molar-refractivity contribution >= 4 is 15.9 Å². The molecule has 19 heavy (non-hydrogen) atoms. The number of nitrogens with one attached hydrogen (secondary N) is 1. The molecule has 0 heterocycles. The van der Waals surface area contributed by atoms with Crippen LogP contribution in [0, 0.1) is 12.7 Å². The van der Waals surface area contributed by atoms with E-state index in [0.29, 0.717) is 0 Å². The molecule has 0 fully saturated rings. The molecule has 1 atom stereocenters. The van der Waals surface area contributed by atoms with Crippen molar-refractivity contribution in [1.29, 1.82) is 0 Å². The van der Waals surface area contributed by atoms with Gasteiger partial charge in [-0.15, -0.1) is 0 Å². The summed E-state index contributed by atoms with van der Waals surface area (Å²) in [7, 11) is 0. The molecular formula is C16H17BrFN. The highest BCUT2D eigenvalue weighted by Gasteiger charge is 2.13. The predicted octanol–water partition coefficient (Wildman–Crippen LogP) is 4.60. The van der Waals surface area contributed by atoms with Crippen LogP contribution in [0.3, 0.4) is 0 Å². The van der Waals surface area contributed by atoms with E-state index in [0.717, 1.165) is 16.6 Å². The molecule has 0 aliphatic rings. The monoisotopic (exact) mass is 321 g/mol. The second-order valence-corrected chi connectivity index (χ2v) is 5.52. The smallest absolute Gasteiger partial charge is 0.123 e. The first kappa shape index (κ1) is 14.2. The van der Waals surface area contributed by atoms with Crippen LogP contribution in [0.4, 0.5) is 4.39 Å². The Bertz CT molecular complexity index is 531. The number of rotatable bonds is 4. The van der Waals surface area contributed by atoms with Crippen molar-refractivity contribution in [3.63, 3.8) is 0 Å². The molecule has 1 N–H and O–H groups in total. The lowest BCUT2D eigenvalue weighted by molar-refractivity contribution is 0.613. The van der Waals surface area contributed by atoms with Crippen LogP contribution in [0.25, 0.3) is 0 Å². The molecule has 3 heteroatoms. The molecule has 0 amide bonds. The van der Waals surface area contributed by atoms with Crippen molar-refractivity contribution in [3.8, 4) is 0 Å². The van der Waals surface area contributed by atoms with Crippen LogP contribution in [0.2, 0.25) is 0 Å². The number of hydrogen-bond donors (Lipinski definition) is 1. The summed E-state index contributed by atoms with van der Waals surface area (Å²) >= 11 is 3.53. The first-order valence-electron chi connectivity index (χ1n) is 6.36. The van der Waals surface area contributed by atoms with E-state index < -0.39 is 0 Å². The van der Waals surface area contributed by atoms with Crippen molar-refractivity contribution in [3.05, 3.63) is 69.4 Å². The second-order valence-electron chi connectivity index (χ2n) is 4.60. The van der Waals surface area contributed by atoms with Gasteiger partial charge in [-0.1, -0.05) is 41.1 Å². The standard InChI is InChI=1S/C16H17BrFN/c1-3-19-16(12-4-6-15(18)7-5-12)13-8-11(2)9-14(17)10-13/h4-10,16,19H,3H2,1-2H3. The molecule has 0 aromatic heterocycles. The van der Waals surface area contributed by atoms with Gasteiger partial charge in [-0.3, -0.25) is 0 Å². The van der Waals surface area contributed by atoms with Crippen LogP contribution in [0.1, 0.15) is 29.7 Å². The summed E-state index contributed by atoms with van der Waals surface area (Å²) < 4.78 is 14.1. The summed E-state index contributed by atoms with van der Waals surface area (Å²) in [4.78, 5) is 0. The minimum atomic E-state index is -0.204. The quantitative estimate of drug-likeness (QED) is 0.868. The molecular weight excluding hydrogens is 305 g/mol. The molecule has 2 rings (SSSR count). The summed E-state index contributed by atoms with van der Waals surface area (Å²) in [6.07, 6.45) is 0. The lowest BCUT2D eigenvalue weighted by Gasteiger charge is -2.20. The highest BCUT2D eigenvalue weighted by atomic mass is 79.9. The van der Waals surface area contributed by atoms with E-state index in [9.17, 15) is 4.39 Å². The minimum Gasteiger partial charge on any atom is -0.307 e. The van der Waals surface area contributed by atoms with Crippen molar-refractivity contribution in [2.75, 3.05) is 6.54 Å². The van der Waals surface area contributed by atoms with Crippen LogP contribution < -0.4 is 5.32 Å². The van der Waals surface area contributed by atoms with Crippen LogP contribution in [0.5, 0.6) is 0 Å². The summed E-state index contributed by atoms with van der Waals surface area (Å²) in [6.45, 7) is 5.00. The molecule has 2 aromatic carbocycles. The van der Waals surface area contributed by atoms with Gasteiger partial charge < -0.3 is 5.32 Å². The highest BCUT2D eigenvalue weighted by Crippen LogP contribution is 2.26. The van der Waals surface area contributed by atoms with E-state index in [4.69, 9.17) is 0 Å². The number of benzene rings is 2. The molecule has 0 aliphatic heterocycles. The Morgan fingerprint density at radius 2 is 1.79 bits per heavy atom. The van der Waals surface area contributed by atoms with Crippen LogP contribution in [0.15, 0.2) is 46.9 Å². The average molecular weight is 322 g/mol. The Morgan fingerprint density at radius 1 is 1.11 bits per heavy atom. The topological polar surface area (TPSA) is 12.0 Å². The van der Waals surface area contributed by atoms with E-state index in [-0.39, 0.29) is 11.9 Å². The van der Waals surface area contributed by atoms with E-state index in [1.807, 2.05) is 12.1 Å². The van der Waals surface area contributed by atoms with Gasteiger partial charge in [0.25, 0.3) is 0 Å². The van der Waals surface area contributed by atoms with E-state index in [2.05, 4.69) is 53.3 Å². The van der Waals surface area contributed by atoms with Gasteiger partial charge in [0.05, 0.1) is 6.04 Å². The first-order chi connectivity index (χ1) is 9.10. The van der Waals surface area contributed by atoms with E-state index in [1.165, 1.54) is 23.3 Å². The third-order valence-corrected chi connectivity index (χ3v) is 3.47. The molecule has 0 saturated heterocycles. The Hall–Kier alpha value is -1.19. The Kier molecular flexibility index (Phi) is 4.72. The fourth-order valence-corrected chi connectivity index (χ4v) is 2.84. The molecule has 1 unspecified atom stereocenters. The van der Waals surface area contributed by atoms with Crippen LogP contribution in [-0.4, -0.2) is 6.54 Å². The Balaban J connectivity index is 2.41. The third-order valence-electron chi connectivity index (χ3n) is 3.01. The number of aryl methyl sites for hydroxylation is 1. The van der Waals surface area contributed by atoms with Gasteiger partial charge >= 0.3 is 0 Å². The lowest BCUT2D eigenvalue weighted by atomic mass is 9.97. The molecule has 0 aliphatic carbocycles. The minimum absolute atomic E-state index is 0.0850. The zero-order valence-electron chi connectivity index (χ0n) is 11.1. The summed E-state index contributed by atoms with van der Waals surface area (Å²) in [5.74, 6) is -0.204. The Labute approximate surface area is 122 Å². The molecule has 0 radical (unpaired) electrons. The Morgan fingerprint density at radius 3 is 2.37 bits per heavy atom. The first-order valence-corrected chi connectivity index (χ1v) is 7.15. The third kappa shape index (κ3) is 3.64. The summed E-state index contributed by atoms with van der Waals surface area (Å²) in [6, 6.07) is 13.1. The second kappa shape index (κ2) is 6.31. The molecule has 2 aromatic rings. The van der Waals surface area contributed by atoms with E-state index >= 15 is 0 Å². The van der Waals surface area contributed by atoms with Crippen molar-refractivity contribution in [1.82, 2.24) is 5.32 Å². The fourth-order valence-electron chi connectivity index (χ4n) is 2.22. The number of hydrogen-bond acceptors (Lipinski definition) is 1. The van der Waals surface area contributed by atoms with Crippen molar-refractivity contribution < 1.29 is 4.39 Å². The fraction of sp³-hybridized carbons (Fsp3) is 0.250. The average Bonchev–Trinajstić information content (AvgIpc) is 2.36. The predicted molar refractivity (Wildman–Crippen MR) is 80.8 cm³/mol. The van der Waals surface area contributed by atoms with Crippen LogP contribution >= 0.6 is 15.9 Å². The van der Waals surface area contributed by atoms with Crippen molar-refractivity contribution in [2.24, 2.45) is 0 Å². The van der Waals surface area contributed by atoms with Gasteiger partial charge in [-0.2, -0.15) is 0 Å². The molecule has 100 valence electrons. The zero-order valence-corrected chi connectivity index (χ0v) is 12.7. The zero-order chi connectivity index (χ0) is 13.8. The van der Waals surface area contributed by atoms with E-state index in [1.54, 1.807) is 0 Å². The highest BCUT2D eigenvalue weighted by molar-refractivity contribution is 9.10. The van der Waals surface area contributed by atoms with Gasteiger partial charge in [0.1, 0.15) is 5.82 Å². The summed E-state index contributed by atoms with van der Waals surface area (Å²) in [5, 5.41) is 3.45. The lowest BCUT2D eigenvalue weighted by Crippen LogP contribution is -2.22. The van der Waals surface area contributed by atoms with Gasteiger partial charge in [0.2, 0.25) is 0 Å². The maximum atomic E-state index is 13.0. The molecule has 0 saturated carbocycles. The largest absolute Gasteiger partial charge is 0.307 e. The van der Waals surface area contributed by atoms with Crippen molar-refractivity contribution in [2.45, 2.75) is 19.9 Å². The SMILES string of the molecule is CCNC(c1ccc(F)cc1)c1cc(C)cc(Br)c1. The van der Waals surface area contributed by atoms with Gasteiger partial charge in [-0.05, 0) is 54.4 Å². The molecule has 0 spiro atoms. The van der Waals surface area contributed by atoms with Crippen LogP contribution in [-0.2, 0) is 0 Å². The van der Waals surface area contributed by atoms with Gasteiger partial charge in [0, 0.05) is 4.47 Å². The summed E-state index contributed by atoms with van der Waals surface area (Å²) in [5.41, 5.74) is 3.45. The molecule has 0 bridgehead atoms. The number of halogens is 2. The maximum Gasteiger partial charge on any atom is 0.123 e. The molecule has 1 nitrogen and oxygen atoms in total. The normalized spacial score (nSPS) is 12.4. The van der Waals surface area contributed by atoms with Gasteiger partial charge in [0.15, 0.2) is 0 Å². The maximum absolute atomic E-state index is 13.0.